The molecular weight excluding hydrogens is 433 g/mol. The van der Waals surface area contributed by atoms with E-state index in [0.717, 1.165) is 34.5 Å². The molecule has 0 spiro atoms. The summed E-state index contributed by atoms with van der Waals surface area (Å²) in [5.74, 6) is 0.555. The summed E-state index contributed by atoms with van der Waals surface area (Å²) in [7, 11) is 3.60. The fraction of sp³-hybridized carbons (Fsp3) is 0.296. The number of nitrogens with zero attached hydrogens (tertiary/aromatic N) is 2. The summed E-state index contributed by atoms with van der Waals surface area (Å²) in [6, 6.07) is 19.4. The fourth-order valence-electron chi connectivity index (χ4n) is 5.37. The molecule has 0 aromatic heterocycles. The molecule has 0 saturated carbocycles. The van der Waals surface area contributed by atoms with Gasteiger partial charge in [0.2, 0.25) is 0 Å². The van der Waals surface area contributed by atoms with Crippen LogP contribution >= 0.6 is 0 Å². The van der Waals surface area contributed by atoms with Crippen molar-refractivity contribution in [2.24, 2.45) is 5.92 Å². The van der Waals surface area contributed by atoms with E-state index < -0.39 is 0 Å². The van der Waals surface area contributed by atoms with Crippen molar-refractivity contribution < 1.29 is 19.0 Å². The van der Waals surface area contributed by atoms with Crippen LogP contribution in [0, 0.1) is 11.7 Å². The Balaban J connectivity index is 1.50. The van der Waals surface area contributed by atoms with Crippen molar-refractivity contribution in [3.8, 4) is 16.9 Å². The van der Waals surface area contributed by atoms with Crippen LogP contribution < -0.4 is 15.0 Å². The van der Waals surface area contributed by atoms with E-state index in [4.69, 9.17) is 4.74 Å². The topological polar surface area (TPSA) is 65.0 Å². The first-order valence-corrected chi connectivity index (χ1v) is 11.5. The molecule has 2 N–H and O–H groups in total. The Morgan fingerprint density at radius 2 is 1.79 bits per heavy atom. The highest BCUT2D eigenvalue weighted by atomic mass is 19.1. The summed E-state index contributed by atoms with van der Waals surface area (Å²) in [6.07, 6.45) is 0.802. The highest BCUT2D eigenvalue weighted by molar-refractivity contribution is 5.90. The van der Waals surface area contributed by atoms with Gasteiger partial charge < -0.3 is 25.0 Å². The van der Waals surface area contributed by atoms with E-state index in [1.54, 1.807) is 19.2 Å². The summed E-state index contributed by atoms with van der Waals surface area (Å²) in [6.45, 7) is 0.618. The molecule has 3 atom stereocenters. The largest absolute Gasteiger partial charge is 0.497 e. The third kappa shape index (κ3) is 3.86. The summed E-state index contributed by atoms with van der Waals surface area (Å²) in [4.78, 5) is 17.4. The van der Waals surface area contributed by atoms with Crippen molar-refractivity contribution >= 4 is 17.4 Å². The molecular formula is C27H28FN3O3. The molecule has 6 nitrogen and oxygen atoms in total. The monoisotopic (exact) mass is 461 g/mol. The lowest BCUT2D eigenvalue weighted by atomic mass is 9.81. The SMILES string of the molecule is COc1ccc(NC(=O)N2CC[C@H]3[C@@H]2c2cc(-c4ccc(F)cc4)ccc2N(C)[C@H]3CO)cc1. The highest BCUT2D eigenvalue weighted by Gasteiger charge is 2.47. The van der Waals surface area contributed by atoms with Crippen molar-refractivity contribution in [1.82, 2.24) is 4.90 Å². The van der Waals surface area contributed by atoms with Crippen molar-refractivity contribution in [1.29, 1.82) is 0 Å². The predicted octanol–water partition coefficient (Wildman–Crippen LogP) is 4.91. The Morgan fingerprint density at radius 3 is 2.47 bits per heavy atom. The first-order chi connectivity index (χ1) is 16.5. The summed E-state index contributed by atoms with van der Waals surface area (Å²) in [5, 5.41) is 13.2. The number of benzene rings is 3. The molecule has 0 radical (unpaired) electrons. The summed E-state index contributed by atoms with van der Waals surface area (Å²) < 4.78 is 18.7. The second kappa shape index (κ2) is 8.99. The molecule has 2 aliphatic heterocycles. The van der Waals surface area contributed by atoms with Gasteiger partial charge in [0.05, 0.1) is 25.8 Å². The zero-order valence-corrected chi connectivity index (χ0v) is 19.2. The third-order valence-corrected chi connectivity index (χ3v) is 7.13. The maximum absolute atomic E-state index is 13.5. The Labute approximate surface area is 198 Å². The molecule has 0 unspecified atom stereocenters. The number of anilines is 2. The van der Waals surface area contributed by atoms with Crippen LogP contribution in [0.25, 0.3) is 11.1 Å². The third-order valence-electron chi connectivity index (χ3n) is 7.13. The average molecular weight is 462 g/mol. The molecule has 3 aromatic carbocycles. The van der Waals surface area contributed by atoms with E-state index in [2.05, 4.69) is 16.3 Å². The number of likely N-dealkylation sites (tertiary alicyclic amines) is 1. The summed E-state index contributed by atoms with van der Waals surface area (Å²) in [5.41, 5.74) is 4.62. The van der Waals surface area contributed by atoms with Crippen LogP contribution in [-0.4, -0.2) is 49.4 Å². The predicted molar refractivity (Wildman–Crippen MR) is 131 cm³/mol. The number of carbonyl (C=O) groups is 1. The molecule has 2 heterocycles. The maximum atomic E-state index is 13.5. The molecule has 2 aliphatic rings. The number of rotatable bonds is 4. The zero-order chi connectivity index (χ0) is 23.8. The van der Waals surface area contributed by atoms with Crippen LogP contribution in [0.3, 0.4) is 0 Å². The van der Waals surface area contributed by atoms with Crippen molar-refractivity contribution in [3.05, 3.63) is 78.1 Å². The van der Waals surface area contributed by atoms with Crippen LogP contribution in [-0.2, 0) is 0 Å². The highest BCUT2D eigenvalue weighted by Crippen LogP contribution is 2.49. The van der Waals surface area contributed by atoms with Crippen molar-refractivity contribution in [2.75, 3.05) is 37.5 Å². The van der Waals surface area contributed by atoms with E-state index in [0.29, 0.717) is 12.2 Å². The van der Waals surface area contributed by atoms with Gasteiger partial charge in [-0.1, -0.05) is 18.2 Å². The van der Waals surface area contributed by atoms with Crippen molar-refractivity contribution in [3.63, 3.8) is 0 Å². The van der Waals surface area contributed by atoms with Crippen LogP contribution in [0.1, 0.15) is 18.0 Å². The number of methoxy groups -OCH3 is 1. The lowest BCUT2D eigenvalue weighted by Crippen LogP contribution is -2.48. The first-order valence-electron chi connectivity index (χ1n) is 11.5. The number of likely N-dealkylation sites (N-methyl/N-ethyl adjacent to an activating group) is 1. The van der Waals surface area contributed by atoms with Gasteiger partial charge in [-0.3, -0.25) is 0 Å². The number of amides is 2. The fourth-order valence-corrected chi connectivity index (χ4v) is 5.37. The lowest BCUT2D eigenvalue weighted by Gasteiger charge is -2.44. The number of nitrogens with one attached hydrogen (secondary N) is 1. The quantitative estimate of drug-likeness (QED) is 0.580. The number of hydrogen-bond acceptors (Lipinski definition) is 4. The van der Waals surface area contributed by atoms with Crippen LogP contribution in [0.15, 0.2) is 66.7 Å². The molecule has 1 saturated heterocycles. The molecule has 5 rings (SSSR count). The number of fused-ring (bicyclic) bond motifs is 3. The first kappa shape index (κ1) is 22.2. The van der Waals surface area contributed by atoms with Gasteiger partial charge in [-0.25, -0.2) is 9.18 Å². The number of carbonyl (C=O) groups excluding carboxylic acids is 1. The minimum absolute atomic E-state index is 0.0186. The molecule has 1 fully saturated rings. The molecule has 0 aliphatic carbocycles. The van der Waals surface area contributed by atoms with Crippen molar-refractivity contribution in [2.45, 2.75) is 18.5 Å². The van der Waals surface area contributed by atoms with Crippen LogP contribution in [0.4, 0.5) is 20.6 Å². The molecule has 3 aromatic rings. The Kier molecular flexibility index (Phi) is 5.87. The molecule has 2 amide bonds. The second-order valence-electron chi connectivity index (χ2n) is 8.89. The average Bonchev–Trinajstić information content (AvgIpc) is 3.30. The second-order valence-corrected chi connectivity index (χ2v) is 8.89. The van der Waals surface area contributed by atoms with E-state index in [9.17, 15) is 14.3 Å². The smallest absolute Gasteiger partial charge is 0.322 e. The minimum atomic E-state index is -0.274. The Morgan fingerprint density at radius 1 is 1.09 bits per heavy atom. The molecule has 7 heteroatoms. The summed E-state index contributed by atoms with van der Waals surface area (Å²) >= 11 is 0. The number of aliphatic hydroxyl groups is 1. The van der Waals surface area contributed by atoms with Gasteiger partial charge in [0, 0.05) is 30.9 Å². The number of ether oxygens (including phenoxy) is 1. The molecule has 0 bridgehead atoms. The zero-order valence-electron chi connectivity index (χ0n) is 19.2. The normalized spacial score (nSPS) is 21.1. The lowest BCUT2D eigenvalue weighted by molar-refractivity contribution is 0.168. The molecule has 176 valence electrons. The van der Waals surface area contributed by atoms with E-state index in [-0.39, 0.29) is 36.5 Å². The van der Waals surface area contributed by atoms with Gasteiger partial charge in [0.25, 0.3) is 0 Å². The van der Waals surface area contributed by atoms with E-state index in [1.807, 2.05) is 48.3 Å². The molecule has 34 heavy (non-hydrogen) atoms. The standard InChI is InChI=1S/C27H28FN3O3/c1-30-24-12-5-18(17-3-6-19(28)7-4-17)15-23(24)26-22(25(30)16-32)13-14-31(26)27(33)29-20-8-10-21(34-2)11-9-20/h3-12,15,22,25-26,32H,13-14,16H2,1-2H3,(H,29,33)/t22-,25+,26-/m1/s1. The number of halogens is 1. The Hall–Kier alpha value is -3.58. The van der Waals surface area contributed by atoms with Crippen LogP contribution in [0.5, 0.6) is 5.75 Å². The van der Waals surface area contributed by atoms with E-state index in [1.165, 1.54) is 12.1 Å². The minimum Gasteiger partial charge on any atom is -0.497 e. The van der Waals surface area contributed by atoms with Gasteiger partial charge in [-0.05, 0) is 71.6 Å². The van der Waals surface area contributed by atoms with Gasteiger partial charge >= 0.3 is 6.03 Å². The van der Waals surface area contributed by atoms with Gasteiger partial charge in [0.15, 0.2) is 0 Å². The van der Waals surface area contributed by atoms with Gasteiger partial charge in [0.1, 0.15) is 11.6 Å². The number of aliphatic hydroxyl groups excluding tert-OH is 1. The van der Waals surface area contributed by atoms with Crippen LogP contribution in [0.2, 0.25) is 0 Å². The van der Waals surface area contributed by atoms with E-state index >= 15 is 0 Å². The van der Waals surface area contributed by atoms with Gasteiger partial charge in [-0.2, -0.15) is 0 Å². The maximum Gasteiger partial charge on any atom is 0.322 e. The van der Waals surface area contributed by atoms with Gasteiger partial charge in [-0.15, -0.1) is 0 Å². The number of urea groups is 1. The number of hydrogen-bond donors (Lipinski definition) is 2. The Bertz CT molecular complexity index is 1180.